The normalized spacial score (nSPS) is 15.3. The molecule has 13 heavy (non-hydrogen) atoms. The van der Waals surface area contributed by atoms with Crippen molar-refractivity contribution >= 4 is 5.97 Å². The lowest BCUT2D eigenvalue weighted by Gasteiger charge is -2.28. The maximum Gasteiger partial charge on any atom is 0.326 e. The molecule has 2 N–H and O–H groups in total. The van der Waals surface area contributed by atoms with Gasteiger partial charge in [-0.05, 0) is 19.4 Å². The second-order valence-corrected chi connectivity index (χ2v) is 3.10. The lowest BCUT2D eigenvalue weighted by atomic mass is 9.97. The molecule has 0 aromatic carbocycles. The Balaban J connectivity index is 4.35. The van der Waals surface area contributed by atoms with Crippen molar-refractivity contribution in [3.8, 4) is 0 Å². The summed E-state index contributed by atoms with van der Waals surface area (Å²) in [6.45, 7) is 4.75. The molecule has 0 aliphatic rings. The van der Waals surface area contributed by atoms with E-state index in [2.05, 4.69) is 5.32 Å². The van der Waals surface area contributed by atoms with Crippen LogP contribution in [0.1, 0.15) is 26.7 Å². The Morgan fingerprint density at radius 2 is 2.15 bits per heavy atom. The van der Waals surface area contributed by atoms with Crippen LogP contribution < -0.4 is 5.32 Å². The number of nitrogens with one attached hydrogen (secondary N) is 1. The monoisotopic (exact) mass is 189 g/mol. The second-order valence-electron chi connectivity index (χ2n) is 3.10. The summed E-state index contributed by atoms with van der Waals surface area (Å²) in [4.78, 5) is 11.0. The Kier molecular flexibility index (Phi) is 5.66. The van der Waals surface area contributed by atoms with E-state index in [4.69, 9.17) is 9.84 Å². The average Bonchev–Trinajstić information content (AvgIpc) is 2.12. The number of hydrogen-bond acceptors (Lipinski definition) is 3. The van der Waals surface area contributed by atoms with Crippen molar-refractivity contribution in [3.05, 3.63) is 0 Å². The highest BCUT2D eigenvalue weighted by molar-refractivity contribution is 5.78. The van der Waals surface area contributed by atoms with Crippen LogP contribution in [0.5, 0.6) is 0 Å². The minimum atomic E-state index is -0.912. The Labute approximate surface area is 79.3 Å². The van der Waals surface area contributed by atoms with E-state index in [0.29, 0.717) is 13.0 Å². The van der Waals surface area contributed by atoms with Crippen LogP contribution in [0, 0.1) is 0 Å². The molecule has 0 radical (unpaired) electrons. The van der Waals surface area contributed by atoms with Crippen molar-refractivity contribution in [2.24, 2.45) is 0 Å². The zero-order valence-corrected chi connectivity index (χ0v) is 8.59. The molecule has 0 aromatic rings. The predicted molar refractivity (Wildman–Crippen MR) is 50.8 cm³/mol. The van der Waals surface area contributed by atoms with Crippen LogP contribution in [-0.4, -0.2) is 36.9 Å². The highest BCUT2D eigenvalue weighted by Crippen LogP contribution is 2.11. The molecule has 0 saturated heterocycles. The third-order valence-corrected chi connectivity index (χ3v) is 2.12. The van der Waals surface area contributed by atoms with Gasteiger partial charge in [-0.1, -0.05) is 13.8 Å². The third kappa shape index (κ3) is 3.32. The van der Waals surface area contributed by atoms with E-state index in [1.807, 2.05) is 13.8 Å². The molecule has 0 amide bonds. The van der Waals surface area contributed by atoms with Gasteiger partial charge < -0.3 is 9.84 Å². The molecular formula is C9H19NO3. The van der Waals surface area contributed by atoms with Gasteiger partial charge in [0.1, 0.15) is 5.54 Å². The zero-order chi connectivity index (χ0) is 10.3. The maximum atomic E-state index is 11.0. The minimum Gasteiger partial charge on any atom is -0.480 e. The Hall–Kier alpha value is -0.610. The average molecular weight is 189 g/mol. The van der Waals surface area contributed by atoms with Gasteiger partial charge in [0.05, 0.1) is 6.61 Å². The Morgan fingerprint density at radius 3 is 2.46 bits per heavy atom. The van der Waals surface area contributed by atoms with Gasteiger partial charge in [0.15, 0.2) is 0 Å². The highest BCUT2D eigenvalue weighted by atomic mass is 16.5. The number of methoxy groups -OCH3 is 1. The van der Waals surface area contributed by atoms with Crippen molar-refractivity contribution in [2.45, 2.75) is 32.2 Å². The molecule has 0 aromatic heterocycles. The molecule has 0 spiro atoms. The predicted octanol–water partition coefficient (Wildman–Crippen LogP) is 0.866. The lowest BCUT2D eigenvalue weighted by molar-refractivity contribution is -0.147. The van der Waals surface area contributed by atoms with Crippen molar-refractivity contribution in [3.63, 3.8) is 0 Å². The molecule has 0 rings (SSSR count). The van der Waals surface area contributed by atoms with Crippen LogP contribution in [0.3, 0.4) is 0 Å². The quantitative estimate of drug-likeness (QED) is 0.624. The molecular weight excluding hydrogens is 170 g/mol. The molecule has 0 aliphatic heterocycles. The fourth-order valence-electron chi connectivity index (χ4n) is 1.18. The van der Waals surface area contributed by atoms with Crippen LogP contribution in [0.4, 0.5) is 0 Å². The van der Waals surface area contributed by atoms with E-state index in [1.165, 1.54) is 7.11 Å². The molecule has 1 unspecified atom stereocenters. The van der Waals surface area contributed by atoms with E-state index in [1.54, 1.807) is 0 Å². The number of carboxylic acid groups (broad SMARTS) is 1. The summed E-state index contributed by atoms with van der Waals surface area (Å²) in [5.41, 5.74) is -0.912. The first-order chi connectivity index (χ1) is 6.13. The number of carboxylic acids is 1. The van der Waals surface area contributed by atoms with Gasteiger partial charge in [-0.2, -0.15) is 0 Å². The van der Waals surface area contributed by atoms with Crippen LogP contribution >= 0.6 is 0 Å². The molecule has 0 saturated carbocycles. The SMILES string of the molecule is CCCNC(CC)(COC)C(=O)O. The number of carbonyl (C=O) groups is 1. The number of aliphatic carboxylic acids is 1. The topological polar surface area (TPSA) is 58.6 Å². The summed E-state index contributed by atoms with van der Waals surface area (Å²) in [6, 6.07) is 0. The number of hydrogen-bond donors (Lipinski definition) is 2. The fraction of sp³-hybridized carbons (Fsp3) is 0.889. The third-order valence-electron chi connectivity index (χ3n) is 2.12. The summed E-state index contributed by atoms with van der Waals surface area (Å²) in [6.07, 6.45) is 1.44. The Morgan fingerprint density at radius 1 is 1.54 bits per heavy atom. The van der Waals surface area contributed by atoms with Crippen molar-refractivity contribution in [1.29, 1.82) is 0 Å². The standard InChI is InChI=1S/C9H19NO3/c1-4-6-10-9(5-2,7-13-3)8(11)12/h10H,4-7H2,1-3H3,(H,11,12). The molecule has 0 fully saturated rings. The van der Waals surface area contributed by atoms with Gasteiger partial charge in [-0.15, -0.1) is 0 Å². The lowest BCUT2D eigenvalue weighted by Crippen LogP contribution is -2.55. The zero-order valence-electron chi connectivity index (χ0n) is 8.59. The molecule has 4 heteroatoms. The summed E-state index contributed by atoms with van der Waals surface area (Å²) in [5.74, 6) is -0.842. The first kappa shape index (κ1) is 12.4. The van der Waals surface area contributed by atoms with Crippen molar-refractivity contribution in [1.82, 2.24) is 5.32 Å². The fourth-order valence-corrected chi connectivity index (χ4v) is 1.18. The summed E-state index contributed by atoms with van der Waals surface area (Å²) in [7, 11) is 1.51. The van der Waals surface area contributed by atoms with Crippen molar-refractivity contribution < 1.29 is 14.6 Å². The van der Waals surface area contributed by atoms with Gasteiger partial charge in [0, 0.05) is 7.11 Å². The van der Waals surface area contributed by atoms with Gasteiger partial charge in [-0.3, -0.25) is 10.1 Å². The maximum absolute atomic E-state index is 11.0. The van der Waals surface area contributed by atoms with Crippen molar-refractivity contribution in [2.75, 3.05) is 20.3 Å². The van der Waals surface area contributed by atoms with E-state index < -0.39 is 11.5 Å². The first-order valence-corrected chi connectivity index (χ1v) is 4.60. The largest absolute Gasteiger partial charge is 0.480 e. The molecule has 1 atom stereocenters. The van der Waals surface area contributed by atoms with Crippen LogP contribution in [0.25, 0.3) is 0 Å². The molecule has 0 bridgehead atoms. The molecule has 0 heterocycles. The van der Waals surface area contributed by atoms with Crippen LogP contribution in [0.15, 0.2) is 0 Å². The van der Waals surface area contributed by atoms with E-state index in [-0.39, 0.29) is 6.61 Å². The smallest absolute Gasteiger partial charge is 0.326 e. The molecule has 4 nitrogen and oxygen atoms in total. The van der Waals surface area contributed by atoms with Gasteiger partial charge >= 0.3 is 5.97 Å². The van der Waals surface area contributed by atoms with Gasteiger partial charge in [0.2, 0.25) is 0 Å². The first-order valence-electron chi connectivity index (χ1n) is 4.60. The van der Waals surface area contributed by atoms with Crippen LogP contribution in [-0.2, 0) is 9.53 Å². The van der Waals surface area contributed by atoms with E-state index in [0.717, 1.165) is 6.42 Å². The second kappa shape index (κ2) is 5.94. The van der Waals surface area contributed by atoms with Gasteiger partial charge in [-0.25, -0.2) is 0 Å². The minimum absolute atomic E-state index is 0.207. The molecule has 0 aliphatic carbocycles. The summed E-state index contributed by atoms with van der Waals surface area (Å²) in [5, 5.41) is 12.0. The highest BCUT2D eigenvalue weighted by Gasteiger charge is 2.35. The van der Waals surface area contributed by atoms with E-state index in [9.17, 15) is 4.79 Å². The van der Waals surface area contributed by atoms with Crippen LogP contribution in [0.2, 0.25) is 0 Å². The molecule has 78 valence electrons. The summed E-state index contributed by atoms with van der Waals surface area (Å²) >= 11 is 0. The van der Waals surface area contributed by atoms with Gasteiger partial charge in [0.25, 0.3) is 0 Å². The summed E-state index contributed by atoms with van der Waals surface area (Å²) < 4.78 is 4.91. The number of rotatable bonds is 7. The Bertz CT molecular complexity index is 161. The number of ether oxygens (including phenoxy) is 1. The van der Waals surface area contributed by atoms with E-state index >= 15 is 0 Å².